The summed E-state index contributed by atoms with van der Waals surface area (Å²) in [5.41, 5.74) is -1.03. The fourth-order valence-electron chi connectivity index (χ4n) is 2.31. The lowest BCUT2D eigenvalue weighted by Crippen LogP contribution is -2.51. The van der Waals surface area contributed by atoms with Gasteiger partial charge in [-0.25, -0.2) is 0 Å². The Labute approximate surface area is 121 Å². The van der Waals surface area contributed by atoms with E-state index < -0.39 is 23.7 Å². The molecule has 1 aliphatic heterocycles. The number of halogens is 3. The second-order valence-electron chi connectivity index (χ2n) is 4.99. The normalized spacial score (nSPS) is 18.3. The van der Waals surface area contributed by atoms with Crippen molar-refractivity contribution in [1.82, 2.24) is 10.2 Å². The van der Waals surface area contributed by atoms with Crippen molar-refractivity contribution in [2.24, 2.45) is 0 Å². The molecule has 0 aromatic heterocycles. The van der Waals surface area contributed by atoms with Crippen LogP contribution in [0, 0.1) is 0 Å². The molecule has 2 N–H and O–H groups in total. The van der Waals surface area contributed by atoms with Gasteiger partial charge < -0.3 is 10.6 Å². The quantitative estimate of drug-likeness (QED) is 0.897. The van der Waals surface area contributed by atoms with Crippen LogP contribution < -0.4 is 10.6 Å². The van der Waals surface area contributed by atoms with E-state index in [9.17, 15) is 18.0 Å². The predicted molar refractivity (Wildman–Crippen MR) is 74.0 cm³/mol. The van der Waals surface area contributed by atoms with Gasteiger partial charge in [0.1, 0.15) is 0 Å². The summed E-state index contributed by atoms with van der Waals surface area (Å²) < 4.78 is 38.7. The molecule has 1 aromatic carbocycles. The molecule has 1 aliphatic rings. The second kappa shape index (κ2) is 6.44. The number of rotatable bonds is 3. The van der Waals surface area contributed by atoms with Crippen molar-refractivity contribution in [2.75, 3.05) is 31.5 Å². The van der Waals surface area contributed by atoms with Gasteiger partial charge in [-0.3, -0.25) is 9.69 Å². The molecule has 4 nitrogen and oxygen atoms in total. The number of carbonyl (C=O) groups is 1. The summed E-state index contributed by atoms with van der Waals surface area (Å²) in [6.45, 7) is 4.66. The summed E-state index contributed by atoms with van der Waals surface area (Å²) in [5, 5.41) is 5.56. The average Bonchev–Trinajstić information content (AvgIpc) is 2.47. The fraction of sp³-hybridized carbons (Fsp3) is 0.500. The lowest BCUT2D eigenvalue weighted by atomic mass is 10.1. The number of alkyl halides is 3. The van der Waals surface area contributed by atoms with Gasteiger partial charge in [0.2, 0.25) is 5.91 Å². The third-order valence-corrected chi connectivity index (χ3v) is 3.57. The van der Waals surface area contributed by atoms with Crippen LogP contribution in [0.25, 0.3) is 0 Å². The Hall–Kier alpha value is -1.60. The van der Waals surface area contributed by atoms with Gasteiger partial charge >= 0.3 is 6.18 Å². The predicted octanol–water partition coefficient (Wildman–Crippen LogP) is 1.94. The number of amides is 1. The van der Waals surface area contributed by atoms with E-state index in [1.807, 2.05) is 4.90 Å². The summed E-state index contributed by atoms with van der Waals surface area (Å²) >= 11 is 0. The number of hydrogen-bond donors (Lipinski definition) is 2. The maximum absolute atomic E-state index is 12.9. The van der Waals surface area contributed by atoms with Crippen molar-refractivity contribution < 1.29 is 18.0 Å². The molecule has 1 fully saturated rings. The molecule has 0 radical (unpaired) electrons. The molecule has 1 saturated heterocycles. The van der Waals surface area contributed by atoms with Crippen LogP contribution in [0.1, 0.15) is 12.5 Å². The van der Waals surface area contributed by atoms with E-state index in [2.05, 4.69) is 10.6 Å². The zero-order chi connectivity index (χ0) is 15.5. The molecule has 116 valence electrons. The van der Waals surface area contributed by atoms with Crippen molar-refractivity contribution in [2.45, 2.75) is 19.1 Å². The smallest absolute Gasteiger partial charge is 0.324 e. The first-order valence-electron chi connectivity index (χ1n) is 6.81. The van der Waals surface area contributed by atoms with Crippen LogP contribution in [0.2, 0.25) is 0 Å². The third kappa shape index (κ3) is 3.95. The number of benzene rings is 1. The number of para-hydroxylation sites is 1. The molecule has 0 spiro atoms. The van der Waals surface area contributed by atoms with Crippen molar-refractivity contribution >= 4 is 11.6 Å². The maximum Gasteiger partial charge on any atom is 0.418 e. The van der Waals surface area contributed by atoms with Gasteiger partial charge in [-0.05, 0) is 19.1 Å². The molecule has 1 atom stereocenters. The molecule has 21 heavy (non-hydrogen) atoms. The van der Waals surface area contributed by atoms with Crippen molar-refractivity contribution in [3.05, 3.63) is 29.8 Å². The molecule has 1 heterocycles. The molecule has 0 bridgehead atoms. The van der Waals surface area contributed by atoms with E-state index in [0.717, 1.165) is 19.2 Å². The van der Waals surface area contributed by atoms with E-state index in [-0.39, 0.29) is 5.69 Å². The summed E-state index contributed by atoms with van der Waals surface area (Å²) in [7, 11) is 0. The SMILES string of the molecule is CC(C(=O)Nc1ccccc1C(F)(F)F)N1CCNCC1. The first-order valence-corrected chi connectivity index (χ1v) is 6.81. The number of carbonyl (C=O) groups excluding carboxylic acids is 1. The van der Waals surface area contributed by atoms with E-state index in [1.165, 1.54) is 18.2 Å². The molecule has 1 aromatic rings. The number of nitrogens with zero attached hydrogens (tertiary/aromatic N) is 1. The minimum absolute atomic E-state index is 0.197. The lowest BCUT2D eigenvalue weighted by molar-refractivity contribution is -0.137. The van der Waals surface area contributed by atoms with Crippen LogP contribution in [0.4, 0.5) is 18.9 Å². The van der Waals surface area contributed by atoms with Gasteiger partial charge in [-0.2, -0.15) is 13.2 Å². The Morgan fingerprint density at radius 1 is 1.29 bits per heavy atom. The molecule has 0 aliphatic carbocycles. The molecule has 2 rings (SSSR count). The molecule has 1 unspecified atom stereocenters. The standard InChI is InChI=1S/C14H18F3N3O/c1-10(20-8-6-18-7-9-20)13(21)19-12-5-3-2-4-11(12)14(15,16)17/h2-5,10,18H,6-9H2,1H3,(H,19,21). The Kier molecular flexibility index (Phi) is 4.84. The van der Waals surface area contributed by atoms with Crippen molar-refractivity contribution in [1.29, 1.82) is 0 Å². The Balaban J connectivity index is 2.09. The van der Waals surface area contributed by atoms with Crippen molar-refractivity contribution in [3.8, 4) is 0 Å². The fourth-order valence-corrected chi connectivity index (χ4v) is 2.31. The van der Waals surface area contributed by atoms with E-state index in [4.69, 9.17) is 0 Å². The summed E-state index contributed by atoms with van der Waals surface area (Å²) in [6, 6.07) is 4.54. The summed E-state index contributed by atoms with van der Waals surface area (Å²) in [6.07, 6.45) is -4.48. The molecular weight excluding hydrogens is 283 g/mol. The molecule has 0 saturated carbocycles. The highest BCUT2D eigenvalue weighted by Crippen LogP contribution is 2.34. The average molecular weight is 301 g/mol. The minimum Gasteiger partial charge on any atom is -0.324 e. The second-order valence-corrected chi connectivity index (χ2v) is 4.99. The van der Waals surface area contributed by atoms with Crippen LogP contribution in [-0.4, -0.2) is 43.0 Å². The lowest BCUT2D eigenvalue weighted by Gasteiger charge is -2.32. The molecule has 1 amide bonds. The van der Waals surface area contributed by atoms with Gasteiger partial charge in [-0.15, -0.1) is 0 Å². The third-order valence-electron chi connectivity index (χ3n) is 3.57. The monoisotopic (exact) mass is 301 g/mol. The van der Waals surface area contributed by atoms with Crippen LogP contribution in [0.3, 0.4) is 0 Å². The van der Waals surface area contributed by atoms with E-state index >= 15 is 0 Å². The summed E-state index contributed by atoms with van der Waals surface area (Å²) in [4.78, 5) is 14.1. The van der Waals surface area contributed by atoms with Gasteiger partial charge in [0.05, 0.1) is 17.3 Å². The maximum atomic E-state index is 12.9. The minimum atomic E-state index is -4.48. The highest BCUT2D eigenvalue weighted by molar-refractivity contribution is 5.95. The highest BCUT2D eigenvalue weighted by atomic mass is 19.4. The largest absolute Gasteiger partial charge is 0.418 e. The number of hydrogen-bond acceptors (Lipinski definition) is 3. The Morgan fingerprint density at radius 2 is 1.90 bits per heavy atom. The number of piperazine rings is 1. The zero-order valence-corrected chi connectivity index (χ0v) is 11.7. The Morgan fingerprint density at radius 3 is 2.52 bits per heavy atom. The van der Waals surface area contributed by atoms with Gasteiger partial charge in [0, 0.05) is 26.2 Å². The zero-order valence-electron chi connectivity index (χ0n) is 11.7. The summed E-state index contributed by atoms with van der Waals surface area (Å²) in [5.74, 6) is -0.423. The molecular formula is C14H18F3N3O. The van der Waals surface area contributed by atoms with Crippen LogP contribution >= 0.6 is 0 Å². The topological polar surface area (TPSA) is 44.4 Å². The van der Waals surface area contributed by atoms with Gasteiger partial charge in [-0.1, -0.05) is 12.1 Å². The van der Waals surface area contributed by atoms with Crippen LogP contribution in [0.15, 0.2) is 24.3 Å². The first kappa shape index (κ1) is 15.8. The molecule has 7 heteroatoms. The van der Waals surface area contributed by atoms with Crippen LogP contribution in [0.5, 0.6) is 0 Å². The van der Waals surface area contributed by atoms with Crippen LogP contribution in [-0.2, 0) is 11.0 Å². The number of anilines is 1. The van der Waals surface area contributed by atoms with E-state index in [0.29, 0.717) is 13.1 Å². The van der Waals surface area contributed by atoms with Crippen molar-refractivity contribution in [3.63, 3.8) is 0 Å². The highest BCUT2D eigenvalue weighted by Gasteiger charge is 2.34. The first-order chi connectivity index (χ1) is 9.89. The Bertz CT molecular complexity index is 498. The number of nitrogens with one attached hydrogen (secondary N) is 2. The van der Waals surface area contributed by atoms with Gasteiger partial charge in [0.25, 0.3) is 0 Å². The van der Waals surface area contributed by atoms with E-state index in [1.54, 1.807) is 6.92 Å². The van der Waals surface area contributed by atoms with Gasteiger partial charge in [0.15, 0.2) is 0 Å².